The van der Waals surface area contributed by atoms with E-state index in [2.05, 4.69) is 6.92 Å². The summed E-state index contributed by atoms with van der Waals surface area (Å²) in [6, 6.07) is 0.0772. The Morgan fingerprint density at radius 3 is 1.41 bits per heavy atom. The van der Waals surface area contributed by atoms with Gasteiger partial charge in [0, 0.05) is 29.5 Å². The standard InChI is InChI=1S/C18H39NO3.2Na.H2O4S/c1-2-3-4-5-6-7-8-9-10-11-12-18(17-22)19(13-15-20)14-16-21;;;1-5(2,3)4/h18,20-22H,2-17H2,1H3;;;(H2,1,2,3,4)/q;2*+1;/p-2. The van der Waals surface area contributed by atoms with Crippen LogP contribution in [0.2, 0.25) is 0 Å². The van der Waals surface area contributed by atoms with Gasteiger partial charge in [0.15, 0.2) is 0 Å². The molecule has 3 N–H and O–H groups in total. The molecule has 29 heavy (non-hydrogen) atoms. The van der Waals surface area contributed by atoms with Gasteiger partial charge in [0.05, 0.1) is 19.8 Å². The first-order chi connectivity index (χ1) is 12.8. The van der Waals surface area contributed by atoms with Gasteiger partial charge in [0.1, 0.15) is 0 Å². The van der Waals surface area contributed by atoms with Gasteiger partial charge in [-0.15, -0.1) is 0 Å². The molecular weight excluding hydrogens is 420 g/mol. The summed E-state index contributed by atoms with van der Waals surface area (Å²) in [7, 11) is -5.17. The van der Waals surface area contributed by atoms with Crippen LogP contribution in [0.15, 0.2) is 0 Å². The van der Waals surface area contributed by atoms with E-state index in [0.29, 0.717) is 13.1 Å². The van der Waals surface area contributed by atoms with Crippen molar-refractivity contribution in [2.24, 2.45) is 0 Å². The summed E-state index contributed by atoms with van der Waals surface area (Å²) in [6.07, 6.45) is 14.1. The van der Waals surface area contributed by atoms with E-state index < -0.39 is 10.4 Å². The van der Waals surface area contributed by atoms with Crippen LogP contribution in [-0.2, 0) is 10.4 Å². The van der Waals surface area contributed by atoms with E-state index in [1.54, 1.807) is 0 Å². The molecule has 0 saturated heterocycles. The third kappa shape index (κ3) is 34.5. The third-order valence-corrected chi connectivity index (χ3v) is 4.39. The summed E-state index contributed by atoms with van der Waals surface area (Å²) in [5.74, 6) is 0. The van der Waals surface area contributed by atoms with Crippen molar-refractivity contribution in [1.29, 1.82) is 0 Å². The average molecular weight is 460 g/mol. The number of rotatable bonds is 17. The molecule has 0 aliphatic heterocycles. The fourth-order valence-corrected chi connectivity index (χ4v) is 2.99. The van der Waals surface area contributed by atoms with Gasteiger partial charge < -0.3 is 24.4 Å². The van der Waals surface area contributed by atoms with Gasteiger partial charge in [-0.1, -0.05) is 71.1 Å². The number of hydrogen-bond donors (Lipinski definition) is 3. The zero-order chi connectivity index (χ0) is 21.0. The van der Waals surface area contributed by atoms with E-state index >= 15 is 0 Å². The van der Waals surface area contributed by atoms with E-state index in [-0.39, 0.29) is 85.0 Å². The Morgan fingerprint density at radius 1 is 0.759 bits per heavy atom. The van der Waals surface area contributed by atoms with Crippen LogP contribution in [0.25, 0.3) is 0 Å². The Labute approximate surface area is 222 Å². The minimum absolute atomic E-state index is 0. The average Bonchev–Trinajstić information content (AvgIpc) is 2.58. The molecule has 0 rings (SSSR count). The van der Waals surface area contributed by atoms with Crippen LogP contribution in [0.1, 0.15) is 77.6 Å². The van der Waals surface area contributed by atoms with Crippen LogP contribution in [0.5, 0.6) is 0 Å². The van der Waals surface area contributed by atoms with Crippen LogP contribution in [0, 0.1) is 0 Å². The van der Waals surface area contributed by atoms with Gasteiger partial charge in [0.2, 0.25) is 0 Å². The molecule has 0 fully saturated rings. The van der Waals surface area contributed by atoms with Gasteiger partial charge in [0.25, 0.3) is 0 Å². The Balaban J connectivity index is -0.000000396. The maximum Gasteiger partial charge on any atom is 1.00 e. The minimum atomic E-state index is -5.17. The van der Waals surface area contributed by atoms with E-state index in [4.69, 9.17) is 27.7 Å². The molecule has 0 amide bonds. The first-order valence-corrected chi connectivity index (χ1v) is 11.4. The van der Waals surface area contributed by atoms with Crippen molar-refractivity contribution in [3.8, 4) is 0 Å². The second-order valence-corrected chi connectivity index (χ2v) is 7.51. The predicted octanol–water partition coefficient (Wildman–Crippen LogP) is -4.39. The van der Waals surface area contributed by atoms with Gasteiger partial charge in [-0.3, -0.25) is 13.3 Å². The van der Waals surface area contributed by atoms with Crippen molar-refractivity contribution in [2.45, 2.75) is 83.6 Å². The van der Waals surface area contributed by atoms with Crippen LogP contribution in [0.4, 0.5) is 0 Å². The van der Waals surface area contributed by atoms with Gasteiger partial charge in [-0.05, 0) is 6.42 Å². The minimum Gasteiger partial charge on any atom is -0.759 e. The molecule has 0 bridgehead atoms. The summed E-state index contributed by atoms with van der Waals surface area (Å²) in [4.78, 5) is 1.99. The number of unbranched alkanes of at least 4 members (excludes halogenated alkanes) is 9. The molecule has 0 spiro atoms. The molecule has 11 heteroatoms. The van der Waals surface area contributed by atoms with Crippen molar-refractivity contribution in [1.82, 2.24) is 4.90 Å². The smallest absolute Gasteiger partial charge is 0.759 e. The first-order valence-electron chi connectivity index (χ1n) is 10.0. The molecule has 0 aromatic rings. The normalized spacial score (nSPS) is 11.8. The molecule has 0 saturated carbocycles. The molecule has 0 heterocycles. The van der Waals surface area contributed by atoms with Crippen molar-refractivity contribution in [3.63, 3.8) is 0 Å². The molecule has 166 valence electrons. The second-order valence-electron chi connectivity index (χ2n) is 6.70. The van der Waals surface area contributed by atoms with E-state index in [1.807, 2.05) is 4.90 Å². The fourth-order valence-electron chi connectivity index (χ4n) is 2.99. The molecular formula is C18H39NNa2O7S. The monoisotopic (exact) mass is 459 g/mol. The number of nitrogens with zero attached hydrogens (tertiary/aromatic N) is 1. The summed E-state index contributed by atoms with van der Waals surface area (Å²) < 4.78 is 34.1. The Bertz CT molecular complexity index is 390. The summed E-state index contributed by atoms with van der Waals surface area (Å²) in [6.45, 7) is 3.58. The third-order valence-electron chi connectivity index (χ3n) is 4.39. The molecule has 1 unspecified atom stereocenters. The molecule has 1 atom stereocenters. The number of hydrogen-bond acceptors (Lipinski definition) is 8. The van der Waals surface area contributed by atoms with Crippen molar-refractivity contribution in [3.05, 3.63) is 0 Å². The molecule has 0 aromatic carbocycles. The Morgan fingerprint density at radius 2 is 1.10 bits per heavy atom. The zero-order valence-electron chi connectivity index (χ0n) is 18.7. The molecule has 0 radical (unpaired) electrons. The summed E-state index contributed by atoms with van der Waals surface area (Å²) >= 11 is 0. The maximum absolute atomic E-state index is 9.49. The molecule has 0 aliphatic rings. The van der Waals surface area contributed by atoms with Crippen molar-refractivity contribution in [2.75, 3.05) is 32.9 Å². The first kappa shape index (κ1) is 38.0. The van der Waals surface area contributed by atoms with Crippen LogP contribution in [0.3, 0.4) is 0 Å². The topological polar surface area (TPSA) is 144 Å². The number of aliphatic hydroxyl groups is 3. The van der Waals surface area contributed by atoms with Crippen LogP contribution < -0.4 is 59.1 Å². The van der Waals surface area contributed by atoms with E-state index in [9.17, 15) is 5.11 Å². The van der Waals surface area contributed by atoms with Crippen LogP contribution >= 0.6 is 0 Å². The maximum atomic E-state index is 9.49. The second kappa shape index (κ2) is 27.7. The summed E-state index contributed by atoms with van der Waals surface area (Å²) in [5.41, 5.74) is 0. The fraction of sp³-hybridized carbons (Fsp3) is 1.00. The number of aliphatic hydroxyl groups excluding tert-OH is 3. The Kier molecular flexibility index (Phi) is 36.3. The van der Waals surface area contributed by atoms with Gasteiger partial charge in [-0.25, -0.2) is 0 Å². The van der Waals surface area contributed by atoms with Gasteiger partial charge >= 0.3 is 59.1 Å². The van der Waals surface area contributed by atoms with Crippen LogP contribution in [-0.4, -0.2) is 76.7 Å². The molecule has 8 nitrogen and oxygen atoms in total. The van der Waals surface area contributed by atoms with E-state index in [1.165, 1.54) is 57.8 Å². The van der Waals surface area contributed by atoms with Crippen molar-refractivity contribution < 1.29 is 92.0 Å². The summed E-state index contributed by atoms with van der Waals surface area (Å²) in [5, 5.41) is 27.6. The predicted molar refractivity (Wildman–Crippen MR) is 104 cm³/mol. The molecule has 0 aliphatic carbocycles. The molecule has 0 aromatic heterocycles. The zero-order valence-corrected chi connectivity index (χ0v) is 23.5. The van der Waals surface area contributed by atoms with Crippen molar-refractivity contribution >= 4 is 10.4 Å². The Hall–Kier alpha value is 1.71. The SMILES string of the molecule is CCCCCCCCCCCCC(CO)N(CCO)CCO.O=S(=O)([O-])[O-].[Na+].[Na+]. The largest absolute Gasteiger partial charge is 1.00 e. The quantitative estimate of drug-likeness (QED) is 0.0856. The van der Waals surface area contributed by atoms with Gasteiger partial charge in [-0.2, -0.15) is 0 Å². The van der Waals surface area contributed by atoms with E-state index in [0.717, 1.165) is 12.8 Å².